The van der Waals surface area contributed by atoms with Gasteiger partial charge in [0, 0.05) is 24.0 Å². The molecule has 0 saturated carbocycles. The molecule has 2 heterocycles. The highest BCUT2D eigenvalue weighted by molar-refractivity contribution is 7.91. The van der Waals surface area contributed by atoms with Gasteiger partial charge in [-0.05, 0) is 17.9 Å². The van der Waals surface area contributed by atoms with E-state index in [0.29, 0.717) is 17.2 Å². The molecule has 2 aromatic heterocycles. The Bertz CT molecular complexity index is 588. The zero-order chi connectivity index (χ0) is 13.0. The summed E-state index contributed by atoms with van der Waals surface area (Å²) in [6.07, 6.45) is 3.46. The Hall–Kier alpha value is -0.760. The van der Waals surface area contributed by atoms with Crippen molar-refractivity contribution in [2.75, 3.05) is 6.54 Å². The lowest BCUT2D eigenvalue weighted by Crippen LogP contribution is -2.25. The van der Waals surface area contributed by atoms with Gasteiger partial charge in [0.2, 0.25) is 10.0 Å². The number of hydrogen-bond donors (Lipinski definition) is 1. The van der Waals surface area contributed by atoms with E-state index in [2.05, 4.69) is 16.6 Å². The summed E-state index contributed by atoms with van der Waals surface area (Å²) in [6, 6.07) is 3.33. The fourth-order valence-corrected chi connectivity index (χ4v) is 4.34. The largest absolute Gasteiger partial charge is 0.250 e. The van der Waals surface area contributed by atoms with Gasteiger partial charge in [-0.2, -0.15) is 0 Å². The molecule has 0 amide bonds. The molecular weight excluding hydrogens is 288 g/mol. The maximum Gasteiger partial charge on any atom is 0.250 e. The van der Waals surface area contributed by atoms with E-state index in [1.54, 1.807) is 28.8 Å². The van der Waals surface area contributed by atoms with Crippen LogP contribution in [-0.4, -0.2) is 19.9 Å². The third kappa shape index (κ3) is 3.38. The highest BCUT2D eigenvalue weighted by atomic mass is 32.2. The topological polar surface area (TPSA) is 59.1 Å². The number of rotatable bonds is 6. The smallest absolute Gasteiger partial charge is 0.249 e. The van der Waals surface area contributed by atoms with Crippen LogP contribution in [0.4, 0.5) is 0 Å². The van der Waals surface area contributed by atoms with Crippen molar-refractivity contribution in [2.24, 2.45) is 0 Å². The molecule has 0 atom stereocenters. The van der Waals surface area contributed by atoms with E-state index in [9.17, 15) is 8.42 Å². The van der Waals surface area contributed by atoms with E-state index in [1.165, 1.54) is 16.2 Å². The van der Waals surface area contributed by atoms with Gasteiger partial charge in [0.1, 0.15) is 4.21 Å². The van der Waals surface area contributed by atoms with Crippen molar-refractivity contribution in [1.82, 2.24) is 9.71 Å². The number of aromatic nitrogens is 1. The van der Waals surface area contributed by atoms with Gasteiger partial charge in [-0.15, -0.1) is 22.7 Å². The summed E-state index contributed by atoms with van der Waals surface area (Å²) in [4.78, 5) is 5.48. The maximum atomic E-state index is 11.8. The lowest BCUT2D eigenvalue weighted by atomic mass is 10.4. The van der Waals surface area contributed by atoms with Crippen molar-refractivity contribution in [3.05, 3.63) is 33.6 Å². The summed E-state index contributed by atoms with van der Waals surface area (Å²) in [5, 5.41) is 2.73. The predicted molar refractivity (Wildman–Crippen MR) is 74.7 cm³/mol. The number of thiophene rings is 1. The molecule has 98 valence electrons. The summed E-state index contributed by atoms with van der Waals surface area (Å²) in [7, 11) is -3.34. The van der Waals surface area contributed by atoms with Crippen LogP contribution in [0.2, 0.25) is 0 Å². The van der Waals surface area contributed by atoms with E-state index >= 15 is 0 Å². The SMILES string of the molecule is CCc1cnc(CCNS(=O)(=O)c2cccs2)s1. The molecular formula is C11H14N2O2S3. The Morgan fingerprint density at radius 2 is 2.28 bits per heavy atom. The Balaban J connectivity index is 1.89. The van der Waals surface area contributed by atoms with Gasteiger partial charge in [0.15, 0.2) is 0 Å². The summed E-state index contributed by atoms with van der Waals surface area (Å²) < 4.78 is 26.6. The minimum atomic E-state index is -3.34. The first kappa shape index (κ1) is 13.7. The van der Waals surface area contributed by atoms with Gasteiger partial charge in [-0.1, -0.05) is 13.0 Å². The number of nitrogens with zero attached hydrogens (tertiary/aromatic N) is 1. The highest BCUT2D eigenvalue weighted by Crippen LogP contribution is 2.16. The molecule has 0 unspecified atom stereocenters. The standard InChI is InChI=1S/C11H14N2O2S3/c1-2-9-8-12-10(17-9)5-6-13-18(14,15)11-4-3-7-16-11/h3-4,7-8,13H,2,5-6H2,1H3. The van der Waals surface area contributed by atoms with Gasteiger partial charge >= 0.3 is 0 Å². The zero-order valence-electron chi connectivity index (χ0n) is 9.92. The fraction of sp³-hybridized carbons (Fsp3) is 0.364. The second-order valence-electron chi connectivity index (χ2n) is 3.65. The van der Waals surface area contributed by atoms with E-state index in [0.717, 1.165) is 11.4 Å². The third-order valence-electron chi connectivity index (χ3n) is 2.34. The van der Waals surface area contributed by atoms with Crippen LogP contribution in [0.3, 0.4) is 0 Å². The Kier molecular flexibility index (Phi) is 4.50. The van der Waals surface area contributed by atoms with Crippen molar-refractivity contribution >= 4 is 32.7 Å². The van der Waals surface area contributed by atoms with Crippen LogP contribution in [0, 0.1) is 0 Å². The number of thiazole rings is 1. The van der Waals surface area contributed by atoms with E-state index in [1.807, 2.05) is 6.20 Å². The zero-order valence-corrected chi connectivity index (χ0v) is 12.4. The van der Waals surface area contributed by atoms with Crippen molar-refractivity contribution in [1.29, 1.82) is 0 Å². The van der Waals surface area contributed by atoms with Crippen molar-refractivity contribution < 1.29 is 8.42 Å². The Morgan fingerprint density at radius 3 is 2.89 bits per heavy atom. The van der Waals surface area contributed by atoms with Gasteiger partial charge in [-0.25, -0.2) is 18.1 Å². The van der Waals surface area contributed by atoms with Crippen LogP contribution in [0.5, 0.6) is 0 Å². The van der Waals surface area contributed by atoms with Crippen LogP contribution in [0.1, 0.15) is 16.8 Å². The fourth-order valence-electron chi connectivity index (χ4n) is 1.41. The summed E-state index contributed by atoms with van der Waals surface area (Å²) in [5.74, 6) is 0. The van der Waals surface area contributed by atoms with Crippen LogP contribution in [0.25, 0.3) is 0 Å². The molecule has 0 radical (unpaired) electrons. The molecule has 0 aliphatic carbocycles. The molecule has 0 fully saturated rings. The van der Waals surface area contributed by atoms with Gasteiger partial charge < -0.3 is 0 Å². The van der Waals surface area contributed by atoms with Crippen LogP contribution < -0.4 is 4.72 Å². The molecule has 2 aromatic rings. The third-order valence-corrected chi connectivity index (χ3v) is 6.40. The molecule has 1 N–H and O–H groups in total. The van der Waals surface area contributed by atoms with Crippen LogP contribution >= 0.6 is 22.7 Å². The Labute approximate surface area is 115 Å². The van der Waals surface area contributed by atoms with E-state index in [-0.39, 0.29) is 0 Å². The maximum absolute atomic E-state index is 11.8. The molecule has 0 aliphatic rings. The number of nitrogens with one attached hydrogen (secondary N) is 1. The average Bonchev–Trinajstić information content (AvgIpc) is 3.00. The van der Waals surface area contributed by atoms with Gasteiger partial charge in [0.25, 0.3) is 0 Å². The quantitative estimate of drug-likeness (QED) is 0.890. The predicted octanol–water partition coefficient (Wildman–Crippen LogP) is 2.29. The Morgan fingerprint density at radius 1 is 1.44 bits per heavy atom. The summed E-state index contributed by atoms with van der Waals surface area (Å²) in [5.41, 5.74) is 0. The monoisotopic (exact) mass is 302 g/mol. The highest BCUT2D eigenvalue weighted by Gasteiger charge is 2.14. The number of sulfonamides is 1. The first-order valence-corrected chi connectivity index (χ1v) is 8.76. The molecule has 18 heavy (non-hydrogen) atoms. The van der Waals surface area contributed by atoms with Crippen molar-refractivity contribution in [3.8, 4) is 0 Å². The molecule has 4 nitrogen and oxygen atoms in total. The first-order chi connectivity index (χ1) is 8.62. The number of aryl methyl sites for hydroxylation is 1. The molecule has 0 spiro atoms. The summed E-state index contributed by atoms with van der Waals surface area (Å²) >= 11 is 2.86. The lowest BCUT2D eigenvalue weighted by Gasteiger charge is -2.02. The van der Waals surface area contributed by atoms with Crippen molar-refractivity contribution in [3.63, 3.8) is 0 Å². The van der Waals surface area contributed by atoms with Crippen LogP contribution in [0.15, 0.2) is 27.9 Å². The molecule has 7 heteroatoms. The molecule has 0 bridgehead atoms. The average molecular weight is 302 g/mol. The van der Waals surface area contributed by atoms with E-state index in [4.69, 9.17) is 0 Å². The lowest BCUT2D eigenvalue weighted by molar-refractivity contribution is 0.583. The minimum Gasteiger partial charge on any atom is -0.249 e. The molecule has 0 saturated heterocycles. The van der Waals surface area contributed by atoms with Crippen molar-refractivity contribution in [2.45, 2.75) is 24.0 Å². The summed E-state index contributed by atoms with van der Waals surface area (Å²) in [6.45, 7) is 2.47. The van der Waals surface area contributed by atoms with Crippen LogP contribution in [-0.2, 0) is 22.9 Å². The number of hydrogen-bond acceptors (Lipinski definition) is 5. The molecule has 2 rings (SSSR count). The second-order valence-corrected chi connectivity index (χ2v) is 7.79. The normalized spacial score (nSPS) is 11.8. The first-order valence-electron chi connectivity index (χ1n) is 5.58. The minimum absolute atomic E-state index is 0.357. The second kappa shape index (κ2) is 5.92. The van der Waals surface area contributed by atoms with Gasteiger partial charge in [0.05, 0.1) is 5.01 Å². The molecule has 0 aliphatic heterocycles. The molecule has 0 aromatic carbocycles. The van der Waals surface area contributed by atoms with E-state index < -0.39 is 10.0 Å². The van der Waals surface area contributed by atoms with Gasteiger partial charge in [-0.3, -0.25) is 0 Å².